The summed E-state index contributed by atoms with van der Waals surface area (Å²) in [5.74, 6) is 0.792. The monoisotopic (exact) mass is 221 g/mol. The minimum Gasteiger partial charge on any atom is -0.311 e. The van der Waals surface area contributed by atoms with Crippen molar-refractivity contribution >= 4 is 0 Å². The predicted molar refractivity (Wildman–Crippen MR) is 66.3 cm³/mol. The third kappa shape index (κ3) is 2.29. The van der Waals surface area contributed by atoms with Gasteiger partial charge in [0.25, 0.3) is 0 Å². The Morgan fingerprint density at radius 2 is 2.19 bits per heavy atom. The van der Waals surface area contributed by atoms with Crippen molar-refractivity contribution in [2.45, 2.75) is 51.6 Å². The van der Waals surface area contributed by atoms with E-state index in [0.717, 1.165) is 12.5 Å². The lowest BCUT2D eigenvalue weighted by molar-refractivity contribution is 0.271. The van der Waals surface area contributed by atoms with E-state index in [1.54, 1.807) is 0 Å². The maximum absolute atomic E-state index is 4.38. The second-order valence-electron chi connectivity index (χ2n) is 4.74. The van der Waals surface area contributed by atoms with Crippen molar-refractivity contribution < 1.29 is 0 Å². The van der Waals surface area contributed by atoms with Crippen molar-refractivity contribution in [1.82, 2.24) is 15.1 Å². The molecule has 0 spiro atoms. The second-order valence-corrected chi connectivity index (χ2v) is 4.74. The summed E-state index contributed by atoms with van der Waals surface area (Å²) < 4.78 is 2.12. The van der Waals surface area contributed by atoms with Gasteiger partial charge in [0, 0.05) is 12.7 Å². The normalized spacial score (nSPS) is 19.9. The van der Waals surface area contributed by atoms with Crippen molar-refractivity contribution in [1.29, 1.82) is 0 Å². The van der Waals surface area contributed by atoms with Gasteiger partial charge in [-0.25, -0.2) is 0 Å². The molecule has 0 aromatic carbocycles. The van der Waals surface area contributed by atoms with E-state index in [0.29, 0.717) is 6.04 Å². The standard InChI is InChI=1S/C13H23N3/c1-3-16-12(9-10-15-16)13(14-2)11-7-5-4-6-8-11/h9-11,13-14H,3-8H2,1-2H3. The van der Waals surface area contributed by atoms with Gasteiger partial charge in [0.05, 0.1) is 11.7 Å². The number of aryl methyl sites for hydroxylation is 1. The van der Waals surface area contributed by atoms with Crippen LogP contribution in [-0.4, -0.2) is 16.8 Å². The van der Waals surface area contributed by atoms with Gasteiger partial charge in [-0.15, -0.1) is 0 Å². The molecule has 1 atom stereocenters. The maximum atomic E-state index is 4.38. The fourth-order valence-corrected chi connectivity index (χ4v) is 2.96. The van der Waals surface area contributed by atoms with E-state index in [4.69, 9.17) is 0 Å². The highest BCUT2D eigenvalue weighted by Crippen LogP contribution is 2.33. The van der Waals surface area contributed by atoms with Gasteiger partial charge in [-0.2, -0.15) is 5.10 Å². The van der Waals surface area contributed by atoms with Crippen LogP contribution in [0.3, 0.4) is 0 Å². The van der Waals surface area contributed by atoms with Crippen LogP contribution >= 0.6 is 0 Å². The first-order chi connectivity index (χ1) is 7.86. The lowest BCUT2D eigenvalue weighted by Gasteiger charge is -2.30. The Labute approximate surface area is 98.2 Å². The molecule has 1 heterocycles. The summed E-state index contributed by atoms with van der Waals surface area (Å²) >= 11 is 0. The Kier molecular flexibility index (Phi) is 3.99. The van der Waals surface area contributed by atoms with Crippen LogP contribution in [0.1, 0.15) is 50.8 Å². The molecule has 1 saturated carbocycles. The summed E-state index contributed by atoms with van der Waals surface area (Å²) in [5, 5.41) is 7.86. The third-order valence-corrected chi connectivity index (χ3v) is 3.80. The van der Waals surface area contributed by atoms with Crippen LogP contribution in [0.4, 0.5) is 0 Å². The molecule has 1 aromatic rings. The molecule has 1 aliphatic carbocycles. The lowest BCUT2D eigenvalue weighted by atomic mass is 9.82. The largest absolute Gasteiger partial charge is 0.311 e. The van der Waals surface area contributed by atoms with Crippen molar-refractivity contribution in [3.63, 3.8) is 0 Å². The van der Waals surface area contributed by atoms with E-state index >= 15 is 0 Å². The predicted octanol–water partition coefficient (Wildman–Crippen LogP) is 2.74. The highest BCUT2D eigenvalue weighted by Gasteiger charge is 2.25. The Balaban J connectivity index is 2.14. The first-order valence-corrected chi connectivity index (χ1v) is 6.55. The summed E-state index contributed by atoms with van der Waals surface area (Å²) in [4.78, 5) is 0. The van der Waals surface area contributed by atoms with Gasteiger partial charge in [0.1, 0.15) is 0 Å². The van der Waals surface area contributed by atoms with E-state index in [2.05, 4.69) is 35.1 Å². The van der Waals surface area contributed by atoms with Crippen molar-refractivity contribution in [2.75, 3.05) is 7.05 Å². The van der Waals surface area contributed by atoms with Crippen LogP contribution in [0.25, 0.3) is 0 Å². The highest BCUT2D eigenvalue weighted by molar-refractivity contribution is 5.08. The quantitative estimate of drug-likeness (QED) is 0.847. The van der Waals surface area contributed by atoms with Crippen LogP contribution in [0.2, 0.25) is 0 Å². The van der Waals surface area contributed by atoms with Crippen LogP contribution in [0.5, 0.6) is 0 Å². The van der Waals surface area contributed by atoms with Crippen molar-refractivity contribution in [3.05, 3.63) is 18.0 Å². The summed E-state index contributed by atoms with van der Waals surface area (Å²) in [7, 11) is 2.08. The SMILES string of the molecule is CCn1nccc1C(NC)C1CCCCC1. The molecule has 0 bridgehead atoms. The molecule has 1 fully saturated rings. The fourth-order valence-electron chi connectivity index (χ4n) is 2.96. The van der Waals surface area contributed by atoms with Gasteiger partial charge in [-0.3, -0.25) is 4.68 Å². The number of aromatic nitrogens is 2. The lowest BCUT2D eigenvalue weighted by Crippen LogP contribution is -2.29. The Morgan fingerprint density at radius 3 is 2.81 bits per heavy atom. The molecule has 1 unspecified atom stereocenters. The molecule has 0 saturated heterocycles. The maximum Gasteiger partial charge on any atom is 0.0556 e. The van der Waals surface area contributed by atoms with E-state index in [1.807, 2.05) is 6.20 Å². The van der Waals surface area contributed by atoms with Gasteiger partial charge >= 0.3 is 0 Å². The van der Waals surface area contributed by atoms with E-state index in [-0.39, 0.29) is 0 Å². The smallest absolute Gasteiger partial charge is 0.0556 e. The zero-order valence-corrected chi connectivity index (χ0v) is 10.4. The molecule has 1 aromatic heterocycles. The first kappa shape index (κ1) is 11.6. The number of nitrogens with zero attached hydrogens (tertiary/aromatic N) is 2. The molecule has 0 aliphatic heterocycles. The summed E-state index contributed by atoms with van der Waals surface area (Å²) in [6, 6.07) is 2.65. The molecule has 3 heteroatoms. The molecule has 0 radical (unpaired) electrons. The average Bonchev–Trinajstić information content (AvgIpc) is 2.80. The molecule has 90 valence electrons. The molecule has 3 nitrogen and oxygen atoms in total. The second kappa shape index (κ2) is 5.48. The Morgan fingerprint density at radius 1 is 1.44 bits per heavy atom. The fraction of sp³-hybridized carbons (Fsp3) is 0.769. The zero-order valence-electron chi connectivity index (χ0n) is 10.4. The summed E-state index contributed by atoms with van der Waals surface area (Å²) in [6.45, 7) is 3.12. The summed E-state index contributed by atoms with van der Waals surface area (Å²) in [5.41, 5.74) is 1.36. The zero-order chi connectivity index (χ0) is 11.4. The minimum atomic E-state index is 0.489. The number of hydrogen-bond donors (Lipinski definition) is 1. The van der Waals surface area contributed by atoms with E-state index < -0.39 is 0 Å². The Hall–Kier alpha value is -0.830. The van der Waals surface area contributed by atoms with Crippen LogP contribution in [0, 0.1) is 5.92 Å². The molecule has 16 heavy (non-hydrogen) atoms. The first-order valence-electron chi connectivity index (χ1n) is 6.55. The van der Waals surface area contributed by atoms with Crippen LogP contribution < -0.4 is 5.32 Å². The molecule has 1 N–H and O–H groups in total. The highest BCUT2D eigenvalue weighted by atomic mass is 15.3. The summed E-state index contributed by atoms with van der Waals surface area (Å²) in [6.07, 6.45) is 8.85. The van der Waals surface area contributed by atoms with E-state index in [9.17, 15) is 0 Å². The van der Waals surface area contributed by atoms with Crippen LogP contribution in [-0.2, 0) is 6.54 Å². The van der Waals surface area contributed by atoms with Gasteiger partial charge in [-0.1, -0.05) is 19.3 Å². The van der Waals surface area contributed by atoms with Crippen LogP contribution in [0.15, 0.2) is 12.3 Å². The number of rotatable bonds is 4. The van der Waals surface area contributed by atoms with Crippen molar-refractivity contribution in [3.8, 4) is 0 Å². The minimum absolute atomic E-state index is 0.489. The van der Waals surface area contributed by atoms with Gasteiger partial charge in [-0.05, 0) is 38.8 Å². The molecule has 1 aliphatic rings. The average molecular weight is 221 g/mol. The molecule has 2 rings (SSSR count). The Bertz CT molecular complexity index is 313. The van der Waals surface area contributed by atoms with Crippen molar-refractivity contribution in [2.24, 2.45) is 5.92 Å². The molecular weight excluding hydrogens is 198 g/mol. The number of hydrogen-bond acceptors (Lipinski definition) is 2. The number of nitrogens with one attached hydrogen (secondary N) is 1. The third-order valence-electron chi connectivity index (χ3n) is 3.80. The van der Waals surface area contributed by atoms with Gasteiger partial charge in [0.2, 0.25) is 0 Å². The van der Waals surface area contributed by atoms with Gasteiger partial charge in [0.15, 0.2) is 0 Å². The molecular formula is C13H23N3. The molecule has 0 amide bonds. The van der Waals surface area contributed by atoms with Gasteiger partial charge < -0.3 is 5.32 Å². The topological polar surface area (TPSA) is 29.9 Å². The van der Waals surface area contributed by atoms with E-state index in [1.165, 1.54) is 37.8 Å².